The third kappa shape index (κ3) is 5.51. The van der Waals surface area contributed by atoms with Crippen LogP contribution in [0.1, 0.15) is 6.42 Å². The highest BCUT2D eigenvalue weighted by Gasteiger charge is 2.08. The van der Waals surface area contributed by atoms with Crippen molar-refractivity contribution in [2.24, 2.45) is 0 Å². The van der Waals surface area contributed by atoms with Crippen LogP contribution in [0.15, 0.2) is 28.7 Å². The lowest BCUT2D eigenvalue weighted by Crippen LogP contribution is -2.33. The van der Waals surface area contributed by atoms with E-state index in [2.05, 4.69) is 26.1 Å². The minimum atomic E-state index is -0.0731. The molecular weight excluding hydrogens is 294 g/mol. The van der Waals surface area contributed by atoms with Crippen molar-refractivity contribution in [3.05, 3.63) is 28.7 Å². The standard InChI is InChI=1S/C13H20BrN3O/c1-16(2)9-4-10-17(3)13(18)15-12-7-5-11(14)6-8-12/h5-8H,4,9-10H2,1-3H3,(H,15,18). The third-order valence-corrected chi connectivity index (χ3v) is 3.07. The zero-order chi connectivity index (χ0) is 13.5. The fraction of sp³-hybridized carbons (Fsp3) is 0.462. The zero-order valence-corrected chi connectivity index (χ0v) is 12.7. The third-order valence-electron chi connectivity index (χ3n) is 2.54. The van der Waals surface area contributed by atoms with Gasteiger partial charge in [0.2, 0.25) is 0 Å². The Labute approximate surface area is 117 Å². The highest BCUT2D eigenvalue weighted by Crippen LogP contribution is 2.14. The molecule has 4 nitrogen and oxygen atoms in total. The van der Waals surface area contributed by atoms with Gasteiger partial charge in [-0.15, -0.1) is 0 Å². The largest absolute Gasteiger partial charge is 0.328 e. The summed E-state index contributed by atoms with van der Waals surface area (Å²) in [5.41, 5.74) is 0.808. The smallest absolute Gasteiger partial charge is 0.321 e. The van der Waals surface area contributed by atoms with Gasteiger partial charge in [-0.25, -0.2) is 4.79 Å². The van der Waals surface area contributed by atoms with Crippen LogP contribution in [-0.4, -0.2) is 50.1 Å². The monoisotopic (exact) mass is 313 g/mol. The number of rotatable bonds is 5. The zero-order valence-electron chi connectivity index (χ0n) is 11.1. The Morgan fingerprint density at radius 2 is 1.78 bits per heavy atom. The van der Waals surface area contributed by atoms with Gasteiger partial charge in [-0.1, -0.05) is 15.9 Å². The summed E-state index contributed by atoms with van der Waals surface area (Å²) in [6, 6.07) is 7.48. The molecule has 0 heterocycles. The number of nitrogens with zero attached hydrogens (tertiary/aromatic N) is 2. The van der Waals surface area contributed by atoms with Crippen molar-refractivity contribution in [3.8, 4) is 0 Å². The lowest BCUT2D eigenvalue weighted by molar-refractivity contribution is 0.220. The fourth-order valence-corrected chi connectivity index (χ4v) is 1.74. The van der Waals surface area contributed by atoms with E-state index < -0.39 is 0 Å². The molecule has 18 heavy (non-hydrogen) atoms. The van der Waals surface area contributed by atoms with Gasteiger partial charge in [0.1, 0.15) is 0 Å². The van der Waals surface area contributed by atoms with Crippen molar-refractivity contribution in [2.75, 3.05) is 39.5 Å². The highest BCUT2D eigenvalue weighted by molar-refractivity contribution is 9.10. The molecular formula is C13H20BrN3O. The minimum absolute atomic E-state index is 0.0731. The maximum Gasteiger partial charge on any atom is 0.321 e. The molecule has 0 aliphatic heterocycles. The molecule has 0 radical (unpaired) electrons. The molecule has 0 bridgehead atoms. The van der Waals surface area contributed by atoms with Gasteiger partial charge in [0.25, 0.3) is 0 Å². The summed E-state index contributed by atoms with van der Waals surface area (Å²) in [4.78, 5) is 15.7. The molecule has 1 rings (SSSR count). The van der Waals surface area contributed by atoms with E-state index >= 15 is 0 Å². The van der Waals surface area contributed by atoms with Crippen LogP contribution in [-0.2, 0) is 0 Å². The summed E-state index contributed by atoms with van der Waals surface area (Å²) in [6.45, 7) is 1.73. The van der Waals surface area contributed by atoms with Crippen LogP contribution in [0.5, 0.6) is 0 Å². The van der Waals surface area contributed by atoms with E-state index in [4.69, 9.17) is 0 Å². The Kier molecular flexibility index (Phi) is 6.15. The van der Waals surface area contributed by atoms with Crippen LogP contribution >= 0.6 is 15.9 Å². The molecule has 0 atom stereocenters. The average molecular weight is 314 g/mol. The van der Waals surface area contributed by atoms with E-state index in [9.17, 15) is 4.79 Å². The van der Waals surface area contributed by atoms with Gasteiger partial charge in [0, 0.05) is 23.8 Å². The molecule has 0 unspecified atom stereocenters. The molecule has 1 aromatic rings. The second-order valence-corrected chi connectivity index (χ2v) is 5.43. The molecule has 0 spiro atoms. The average Bonchev–Trinajstić information content (AvgIpc) is 2.31. The Bertz CT molecular complexity index is 378. The van der Waals surface area contributed by atoms with Crippen LogP contribution in [0, 0.1) is 0 Å². The Morgan fingerprint density at radius 3 is 2.33 bits per heavy atom. The second kappa shape index (κ2) is 7.38. The van der Waals surface area contributed by atoms with Crippen molar-refractivity contribution in [2.45, 2.75) is 6.42 Å². The molecule has 1 aromatic carbocycles. The molecule has 0 saturated heterocycles. The van der Waals surface area contributed by atoms with Crippen molar-refractivity contribution >= 4 is 27.6 Å². The predicted octanol–water partition coefficient (Wildman–Crippen LogP) is 2.86. The van der Waals surface area contributed by atoms with Crippen LogP contribution in [0.2, 0.25) is 0 Å². The second-order valence-electron chi connectivity index (χ2n) is 4.52. The SMILES string of the molecule is CN(C)CCCN(C)C(=O)Nc1ccc(Br)cc1. The molecule has 2 amide bonds. The van der Waals surface area contributed by atoms with Crippen LogP contribution in [0.4, 0.5) is 10.5 Å². The fourth-order valence-electron chi connectivity index (χ4n) is 1.48. The molecule has 0 aliphatic carbocycles. The number of amides is 2. The van der Waals surface area contributed by atoms with E-state index in [1.54, 1.807) is 4.90 Å². The molecule has 1 N–H and O–H groups in total. The van der Waals surface area contributed by atoms with Crippen molar-refractivity contribution in [3.63, 3.8) is 0 Å². The minimum Gasteiger partial charge on any atom is -0.328 e. The van der Waals surface area contributed by atoms with E-state index in [0.29, 0.717) is 0 Å². The first kappa shape index (κ1) is 15.0. The number of urea groups is 1. The predicted molar refractivity (Wildman–Crippen MR) is 79.0 cm³/mol. The van der Waals surface area contributed by atoms with Crippen LogP contribution in [0.3, 0.4) is 0 Å². The van der Waals surface area contributed by atoms with Crippen LogP contribution in [0.25, 0.3) is 0 Å². The van der Waals surface area contributed by atoms with Crippen molar-refractivity contribution in [1.82, 2.24) is 9.80 Å². The normalized spacial score (nSPS) is 10.5. The molecule has 0 saturated carbocycles. The van der Waals surface area contributed by atoms with Gasteiger partial charge in [-0.05, 0) is 51.3 Å². The van der Waals surface area contributed by atoms with Gasteiger partial charge in [-0.3, -0.25) is 0 Å². The van der Waals surface area contributed by atoms with E-state index in [-0.39, 0.29) is 6.03 Å². The molecule has 0 fully saturated rings. The van der Waals surface area contributed by atoms with Gasteiger partial charge in [0.05, 0.1) is 0 Å². The quantitative estimate of drug-likeness (QED) is 0.907. The number of halogens is 1. The first-order valence-corrected chi connectivity index (χ1v) is 6.71. The van der Waals surface area contributed by atoms with E-state index in [0.717, 1.165) is 29.7 Å². The number of hydrogen-bond donors (Lipinski definition) is 1. The Hall–Kier alpha value is -1.07. The Balaban J connectivity index is 2.37. The number of anilines is 1. The highest BCUT2D eigenvalue weighted by atomic mass is 79.9. The summed E-state index contributed by atoms with van der Waals surface area (Å²) in [7, 11) is 5.87. The van der Waals surface area contributed by atoms with E-state index in [1.807, 2.05) is 45.4 Å². The van der Waals surface area contributed by atoms with Gasteiger partial charge >= 0.3 is 6.03 Å². The summed E-state index contributed by atoms with van der Waals surface area (Å²) in [6.07, 6.45) is 0.970. The van der Waals surface area contributed by atoms with Gasteiger partial charge < -0.3 is 15.1 Å². The van der Waals surface area contributed by atoms with Gasteiger partial charge in [0.15, 0.2) is 0 Å². The van der Waals surface area contributed by atoms with Crippen molar-refractivity contribution in [1.29, 1.82) is 0 Å². The lowest BCUT2D eigenvalue weighted by Gasteiger charge is -2.19. The number of nitrogens with one attached hydrogen (secondary N) is 1. The van der Waals surface area contributed by atoms with Crippen LogP contribution < -0.4 is 5.32 Å². The topological polar surface area (TPSA) is 35.6 Å². The maximum atomic E-state index is 11.9. The number of benzene rings is 1. The first-order valence-electron chi connectivity index (χ1n) is 5.91. The summed E-state index contributed by atoms with van der Waals surface area (Å²) < 4.78 is 1.000. The summed E-state index contributed by atoms with van der Waals surface area (Å²) >= 11 is 3.36. The van der Waals surface area contributed by atoms with E-state index in [1.165, 1.54) is 0 Å². The van der Waals surface area contributed by atoms with Gasteiger partial charge in [-0.2, -0.15) is 0 Å². The molecule has 100 valence electrons. The summed E-state index contributed by atoms with van der Waals surface area (Å²) in [5, 5.41) is 2.86. The lowest BCUT2D eigenvalue weighted by atomic mass is 10.3. The molecule has 5 heteroatoms. The number of carbonyl (C=O) groups is 1. The summed E-state index contributed by atoms with van der Waals surface area (Å²) in [5.74, 6) is 0. The van der Waals surface area contributed by atoms with Crippen molar-refractivity contribution < 1.29 is 4.79 Å². The number of hydrogen-bond acceptors (Lipinski definition) is 2. The Morgan fingerprint density at radius 1 is 1.17 bits per heavy atom. The maximum absolute atomic E-state index is 11.9. The number of carbonyl (C=O) groups excluding carboxylic acids is 1. The molecule has 0 aliphatic rings. The molecule has 0 aromatic heterocycles. The first-order chi connectivity index (χ1) is 8.49.